The Morgan fingerprint density at radius 3 is 2.73 bits per heavy atom. The number of nitrogens with zero attached hydrogens (tertiary/aromatic N) is 3. The van der Waals surface area contributed by atoms with Gasteiger partial charge in [0.05, 0.1) is 5.69 Å². The number of carbonyl (C=O) groups is 1. The molecule has 4 heteroatoms. The summed E-state index contributed by atoms with van der Waals surface area (Å²) in [5.74, 6) is -0.0151. The molecule has 0 fully saturated rings. The summed E-state index contributed by atoms with van der Waals surface area (Å²) in [4.78, 5) is 12.9. The predicted octanol–water partition coefficient (Wildman–Crippen LogP) is 1.31. The Kier molecular flexibility index (Phi) is 3.66. The first-order chi connectivity index (χ1) is 7.04. The lowest BCUT2D eigenvalue weighted by Crippen LogP contribution is -2.18. The van der Waals surface area contributed by atoms with Gasteiger partial charge in [-0.2, -0.15) is 5.10 Å². The van der Waals surface area contributed by atoms with Gasteiger partial charge in [0.25, 0.3) is 0 Å². The van der Waals surface area contributed by atoms with E-state index in [1.54, 1.807) is 26.2 Å². The third-order valence-corrected chi connectivity index (χ3v) is 2.15. The van der Waals surface area contributed by atoms with Gasteiger partial charge in [-0.3, -0.25) is 9.48 Å². The maximum Gasteiger partial charge on any atom is 0.246 e. The molecule has 1 aromatic heterocycles. The van der Waals surface area contributed by atoms with Gasteiger partial charge in [0.1, 0.15) is 0 Å². The number of likely N-dealkylation sites (N-methyl/N-ethyl adjacent to an activating group) is 1. The van der Waals surface area contributed by atoms with E-state index >= 15 is 0 Å². The number of aromatic nitrogens is 2. The number of rotatable bonds is 3. The largest absolute Gasteiger partial charge is 0.345 e. The van der Waals surface area contributed by atoms with Crippen LogP contribution in [0.15, 0.2) is 12.3 Å². The summed E-state index contributed by atoms with van der Waals surface area (Å²) in [7, 11) is 3.46. The van der Waals surface area contributed by atoms with Crippen LogP contribution >= 0.6 is 0 Å². The first-order valence-electron chi connectivity index (χ1n) is 4.98. The van der Waals surface area contributed by atoms with Crippen LogP contribution in [0.1, 0.15) is 18.2 Å². The Hall–Kier alpha value is -1.58. The molecule has 0 atom stereocenters. The van der Waals surface area contributed by atoms with E-state index < -0.39 is 0 Å². The minimum Gasteiger partial charge on any atom is -0.345 e. The van der Waals surface area contributed by atoms with Crippen molar-refractivity contribution >= 4 is 12.0 Å². The average Bonchev–Trinajstić information content (AvgIpc) is 2.55. The van der Waals surface area contributed by atoms with Crippen molar-refractivity contribution in [3.63, 3.8) is 0 Å². The van der Waals surface area contributed by atoms with Crippen LogP contribution in [-0.4, -0.2) is 34.7 Å². The third-order valence-electron chi connectivity index (χ3n) is 2.15. The topological polar surface area (TPSA) is 38.1 Å². The van der Waals surface area contributed by atoms with Crippen LogP contribution in [0, 0.1) is 6.92 Å². The SMILES string of the molecule is CCn1cc(/C=C/C(=O)N(C)C)c(C)n1. The third kappa shape index (κ3) is 2.94. The van der Waals surface area contributed by atoms with Crippen LogP contribution in [-0.2, 0) is 11.3 Å². The lowest BCUT2D eigenvalue weighted by molar-refractivity contribution is -0.123. The fraction of sp³-hybridized carbons (Fsp3) is 0.455. The summed E-state index contributed by atoms with van der Waals surface area (Å²) in [6.45, 7) is 4.81. The van der Waals surface area contributed by atoms with Gasteiger partial charge in [0.2, 0.25) is 5.91 Å². The van der Waals surface area contributed by atoms with Crippen LogP contribution in [0.2, 0.25) is 0 Å². The molecule has 0 saturated carbocycles. The second-order valence-corrected chi connectivity index (χ2v) is 3.59. The fourth-order valence-electron chi connectivity index (χ4n) is 1.17. The molecule has 1 aromatic rings. The zero-order chi connectivity index (χ0) is 11.4. The highest BCUT2D eigenvalue weighted by Crippen LogP contribution is 2.07. The monoisotopic (exact) mass is 207 g/mol. The standard InChI is InChI=1S/C11H17N3O/c1-5-14-8-10(9(2)12-14)6-7-11(15)13(3)4/h6-8H,5H2,1-4H3/b7-6+. The lowest BCUT2D eigenvalue weighted by Gasteiger charge is -2.04. The summed E-state index contributed by atoms with van der Waals surface area (Å²) in [6, 6.07) is 0. The first kappa shape index (κ1) is 11.5. The minimum atomic E-state index is -0.0151. The molecule has 1 amide bonds. The summed E-state index contributed by atoms with van der Waals surface area (Å²) in [5.41, 5.74) is 1.94. The van der Waals surface area contributed by atoms with Crippen LogP contribution in [0.25, 0.3) is 6.08 Å². The van der Waals surface area contributed by atoms with E-state index in [0.717, 1.165) is 17.8 Å². The van der Waals surface area contributed by atoms with E-state index in [1.165, 1.54) is 4.90 Å². The fourth-order valence-corrected chi connectivity index (χ4v) is 1.17. The van der Waals surface area contributed by atoms with Crippen LogP contribution in [0.5, 0.6) is 0 Å². The molecule has 0 bridgehead atoms. The molecule has 0 saturated heterocycles. The van der Waals surface area contributed by atoms with Crippen molar-refractivity contribution in [2.45, 2.75) is 20.4 Å². The smallest absolute Gasteiger partial charge is 0.246 e. The van der Waals surface area contributed by atoms with Crippen molar-refractivity contribution in [3.8, 4) is 0 Å². The Bertz CT molecular complexity index is 377. The number of carbonyl (C=O) groups excluding carboxylic acids is 1. The average molecular weight is 207 g/mol. The van der Waals surface area contributed by atoms with Crippen molar-refractivity contribution in [2.75, 3.05) is 14.1 Å². The number of hydrogen-bond donors (Lipinski definition) is 0. The zero-order valence-electron chi connectivity index (χ0n) is 9.69. The Labute approximate surface area is 90.2 Å². The Morgan fingerprint density at radius 1 is 1.60 bits per heavy atom. The molecule has 4 nitrogen and oxygen atoms in total. The van der Waals surface area contributed by atoms with E-state index in [2.05, 4.69) is 5.10 Å². The maximum atomic E-state index is 11.3. The maximum absolute atomic E-state index is 11.3. The molecule has 1 rings (SSSR count). The first-order valence-corrected chi connectivity index (χ1v) is 4.98. The second-order valence-electron chi connectivity index (χ2n) is 3.59. The normalized spacial score (nSPS) is 10.9. The lowest BCUT2D eigenvalue weighted by atomic mass is 10.2. The molecule has 0 aliphatic heterocycles. The van der Waals surface area contributed by atoms with Crippen molar-refractivity contribution in [1.82, 2.24) is 14.7 Å². The molecule has 0 aliphatic carbocycles. The Balaban J connectivity index is 2.80. The highest BCUT2D eigenvalue weighted by molar-refractivity contribution is 5.91. The van der Waals surface area contributed by atoms with Gasteiger partial charge in [-0.25, -0.2) is 0 Å². The van der Waals surface area contributed by atoms with E-state index in [1.807, 2.05) is 24.7 Å². The zero-order valence-corrected chi connectivity index (χ0v) is 9.69. The summed E-state index contributed by atoms with van der Waals surface area (Å²) >= 11 is 0. The van der Waals surface area contributed by atoms with Crippen LogP contribution < -0.4 is 0 Å². The van der Waals surface area contributed by atoms with E-state index in [9.17, 15) is 4.79 Å². The summed E-state index contributed by atoms with van der Waals surface area (Å²) in [5, 5.41) is 4.29. The van der Waals surface area contributed by atoms with Gasteiger partial charge in [0, 0.05) is 38.5 Å². The molecule has 0 aromatic carbocycles. The van der Waals surface area contributed by atoms with Crippen LogP contribution in [0.4, 0.5) is 0 Å². The predicted molar refractivity (Wildman–Crippen MR) is 60.4 cm³/mol. The molecule has 1 heterocycles. The molecule has 0 unspecified atom stereocenters. The highest BCUT2D eigenvalue weighted by atomic mass is 16.2. The van der Waals surface area contributed by atoms with Crippen LogP contribution in [0.3, 0.4) is 0 Å². The molecule has 0 spiro atoms. The number of hydrogen-bond acceptors (Lipinski definition) is 2. The van der Waals surface area contributed by atoms with Crippen molar-refractivity contribution in [1.29, 1.82) is 0 Å². The van der Waals surface area contributed by atoms with Gasteiger partial charge in [-0.05, 0) is 19.9 Å². The van der Waals surface area contributed by atoms with Gasteiger partial charge in [0.15, 0.2) is 0 Å². The minimum absolute atomic E-state index is 0.0151. The van der Waals surface area contributed by atoms with Crippen molar-refractivity contribution in [3.05, 3.63) is 23.5 Å². The number of aryl methyl sites for hydroxylation is 2. The quantitative estimate of drug-likeness (QED) is 0.701. The van der Waals surface area contributed by atoms with Crippen molar-refractivity contribution < 1.29 is 4.79 Å². The van der Waals surface area contributed by atoms with Crippen molar-refractivity contribution in [2.24, 2.45) is 0 Å². The van der Waals surface area contributed by atoms with E-state index in [-0.39, 0.29) is 5.91 Å². The van der Waals surface area contributed by atoms with E-state index in [4.69, 9.17) is 0 Å². The Morgan fingerprint density at radius 2 is 2.27 bits per heavy atom. The molecule has 15 heavy (non-hydrogen) atoms. The molecule has 0 radical (unpaired) electrons. The second kappa shape index (κ2) is 4.77. The summed E-state index contributed by atoms with van der Waals surface area (Å²) < 4.78 is 1.86. The van der Waals surface area contributed by atoms with Gasteiger partial charge in [-0.15, -0.1) is 0 Å². The van der Waals surface area contributed by atoms with Gasteiger partial charge < -0.3 is 4.90 Å². The van der Waals surface area contributed by atoms with Gasteiger partial charge in [-0.1, -0.05) is 0 Å². The molecule has 0 aliphatic rings. The molecular weight excluding hydrogens is 190 g/mol. The number of amides is 1. The highest BCUT2D eigenvalue weighted by Gasteiger charge is 2.02. The van der Waals surface area contributed by atoms with E-state index in [0.29, 0.717) is 0 Å². The molecule has 82 valence electrons. The molecule has 0 N–H and O–H groups in total. The summed E-state index contributed by atoms with van der Waals surface area (Å²) in [6.07, 6.45) is 5.30. The molecular formula is C11H17N3O. The van der Waals surface area contributed by atoms with Gasteiger partial charge >= 0.3 is 0 Å².